The Balaban J connectivity index is 1.55. The van der Waals surface area contributed by atoms with Crippen LogP contribution in [0.1, 0.15) is 24.9 Å². The number of likely N-dealkylation sites (N-methyl/N-ethyl adjacent to an activating group) is 2. The average molecular weight is 474 g/mol. The van der Waals surface area contributed by atoms with Crippen LogP contribution in [-0.4, -0.2) is 106 Å². The first-order valence-corrected chi connectivity index (χ1v) is 11.2. The molecule has 0 aromatic carbocycles. The molecule has 2 aliphatic heterocycles. The summed E-state index contributed by atoms with van der Waals surface area (Å²) in [6, 6.07) is 1.97. The number of ether oxygens (including phenoxy) is 3. The Kier molecular flexibility index (Phi) is 7.16. The molecule has 3 heterocycles. The normalized spacial score (nSPS) is 45.5. The second kappa shape index (κ2) is 9.47. The Morgan fingerprint density at radius 1 is 1.00 bits per heavy atom. The third-order valence-electron chi connectivity index (χ3n) is 6.94. The summed E-state index contributed by atoms with van der Waals surface area (Å²) in [4.78, 5) is 0. The first-order chi connectivity index (χ1) is 15.7. The lowest BCUT2D eigenvalue weighted by atomic mass is 9.77. The zero-order valence-electron chi connectivity index (χ0n) is 19.0. The van der Waals surface area contributed by atoms with Gasteiger partial charge < -0.3 is 60.1 Å². The Morgan fingerprint density at radius 3 is 2.33 bits per heavy atom. The number of hydrogen-bond donors (Lipinski definition) is 8. The van der Waals surface area contributed by atoms with Crippen LogP contribution in [0.25, 0.3) is 0 Å². The van der Waals surface area contributed by atoms with E-state index in [9.17, 15) is 20.4 Å². The summed E-state index contributed by atoms with van der Waals surface area (Å²) in [5, 5.41) is 62.8. The fourth-order valence-electron chi connectivity index (χ4n) is 5.22. The van der Waals surface area contributed by atoms with Crippen LogP contribution in [0, 0.1) is 0 Å². The summed E-state index contributed by atoms with van der Waals surface area (Å²) in [6.45, 7) is 1.68. The maximum Gasteiger partial charge on any atom is 0.249 e. The molecule has 12 nitrogen and oxygen atoms in total. The van der Waals surface area contributed by atoms with Crippen molar-refractivity contribution in [2.45, 2.75) is 86.8 Å². The van der Waals surface area contributed by atoms with Crippen molar-refractivity contribution >= 4 is 0 Å². The summed E-state index contributed by atoms with van der Waals surface area (Å²) in [5.41, 5.74) is -1.82. The van der Waals surface area contributed by atoms with Crippen LogP contribution in [0.4, 0.5) is 0 Å². The van der Waals surface area contributed by atoms with Gasteiger partial charge in [-0.15, -0.1) is 0 Å². The number of hydrogen-bond acceptors (Lipinski definition) is 12. The molecule has 33 heavy (non-hydrogen) atoms. The van der Waals surface area contributed by atoms with E-state index in [2.05, 4.69) is 16.0 Å². The number of nitrogens with one attached hydrogen (secondary N) is 3. The Hall–Kier alpha value is -1.16. The van der Waals surface area contributed by atoms with E-state index in [4.69, 9.17) is 23.7 Å². The quantitative estimate of drug-likeness (QED) is 0.203. The number of furan rings is 1. The molecule has 0 amide bonds. The first-order valence-electron chi connectivity index (χ1n) is 11.2. The molecule has 2 saturated heterocycles. The molecule has 3 fully saturated rings. The average Bonchev–Trinajstić information content (AvgIpc) is 3.23. The zero-order chi connectivity index (χ0) is 24.0. The Morgan fingerprint density at radius 2 is 1.70 bits per heavy atom. The highest BCUT2D eigenvalue weighted by Gasteiger charge is 2.68. The highest BCUT2D eigenvalue weighted by molar-refractivity contribution is 5.13. The second-order valence-electron chi connectivity index (χ2n) is 9.13. The Bertz CT molecular complexity index is 812. The molecular weight excluding hydrogens is 438 g/mol. The van der Waals surface area contributed by atoms with Gasteiger partial charge in [-0.1, -0.05) is 0 Å². The van der Waals surface area contributed by atoms with Crippen molar-refractivity contribution in [3.05, 3.63) is 23.7 Å². The van der Waals surface area contributed by atoms with E-state index in [1.807, 2.05) is 0 Å². The molecule has 10 unspecified atom stereocenters. The minimum absolute atomic E-state index is 0.0439. The molecule has 3 aliphatic rings. The lowest BCUT2D eigenvalue weighted by molar-refractivity contribution is -0.482. The van der Waals surface area contributed by atoms with Crippen molar-refractivity contribution in [3.8, 4) is 0 Å². The van der Waals surface area contributed by atoms with E-state index in [-0.39, 0.29) is 26.1 Å². The van der Waals surface area contributed by atoms with E-state index in [0.717, 1.165) is 0 Å². The fourth-order valence-corrected chi connectivity index (χ4v) is 5.22. The van der Waals surface area contributed by atoms with Gasteiger partial charge in [0.2, 0.25) is 12.1 Å². The minimum atomic E-state index is -2.27. The number of aliphatic hydroxyl groups is 5. The van der Waals surface area contributed by atoms with Crippen molar-refractivity contribution < 1.29 is 44.2 Å². The molecule has 0 radical (unpaired) electrons. The van der Waals surface area contributed by atoms with Gasteiger partial charge in [-0.2, -0.15) is 0 Å². The van der Waals surface area contributed by atoms with Crippen LogP contribution >= 0.6 is 0 Å². The van der Waals surface area contributed by atoms with E-state index in [0.29, 0.717) is 11.5 Å². The molecule has 8 N–H and O–H groups in total. The van der Waals surface area contributed by atoms with Crippen LogP contribution < -0.4 is 16.0 Å². The van der Waals surface area contributed by atoms with Crippen LogP contribution in [0.15, 0.2) is 16.5 Å². The SMILES string of the molecule is CNC1C(O)C(NC)C2OC3(O)C(OC(C)CC3(O)CNCc3ccc(CO)o3)OC2C1O. The van der Waals surface area contributed by atoms with Gasteiger partial charge in [0.05, 0.1) is 30.8 Å². The molecule has 4 rings (SSSR count). The van der Waals surface area contributed by atoms with Gasteiger partial charge >= 0.3 is 0 Å². The summed E-state index contributed by atoms with van der Waals surface area (Å²) in [5.74, 6) is -1.29. The summed E-state index contributed by atoms with van der Waals surface area (Å²) >= 11 is 0. The molecule has 1 saturated carbocycles. The highest BCUT2D eigenvalue weighted by atomic mass is 16.8. The van der Waals surface area contributed by atoms with Crippen LogP contribution in [0.3, 0.4) is 0 Å². The Labute approximate surface area is 191 Å². The molecule has 0 bridgehead atoms. The molecule has 12 heteroatoms. The lowest BCUT2D eigenvalue weighted by Crippen LogP contribution is -2.81. The molecule has 10 atom stereocenters. The first kappa shape index (κ1) is 24.9. The van der Waals surface area contributed by atoms with E-state index in [1.165, 1.54) is 0 Å². The second-order valence-corrected chi connectivity index (χ2v) is 9.13. The van der Waals surface area contributed by atoms with Gasteiger partial charge in [-0.05, 0) is 33.2 Å². The standard InChI is InChI=1S/C21H35N3O9/c1-10-6-20(28,9-24-7-11-4-5-12(8-25)31-11)21(29)19(30-10)32-18-16(27)13(22-2)15(26)14(23-3)17(18)33-21/h4-5,10,13-19,22-29H,6-9H2,1-3H3. The smallest absolute Gasteiger partial charge is 0.249 e. The predicted molar refractivity (Wildman–Crippen MR) is 113 cm³/mol. The largest absolute Gasteiger partial charge is 0.462 e. The van der Waals surface area contributed by atoms with Crippen molar-refractivity contribution in [2.75, 3.05) is 20.6 Å². The fraction of sp³-hybridized carbons (Fsp3) is 0.810. The molecule has 1 aliphatic carbocycles. The monoisotopic (exact) mass is 473 g/mol. The number of rotatable bonds is 7. The molecule has 1 aromatic rings. The molecular formula is C21H35N3O9. The maximum absolute atomic E-state index is 11.6. The summed E-state index contributed by atoms with van der Waals surface area (Å²) < 4.78 is 23.3. The highest BCUT2D eigenvalue weighted by Crippen LogP contribution is 2.46. The van der Waals surface area contributed by atoms with Gasteiger partial charge in [-0.25, -0.2) is 0 Å². The van der Waals surface area contributed by atoms with Gasteiger partial charge in [0, 0.05) is 13.0 Å². The zero-order valence-corrected chi connectivity index (χ0v) is 19.0. The van der Waals surface area contributed by atoms with Crippen LogP contribution in [-0.2, 0) is 27.4 Å². The van der Waals surface area contributed by atoms with E-state index in [1.54, 1.807) is 33.2 Å². The topological polar surface area (TPSA) is 178 Å². The van der Waals surface area contributed by atoms with Crippen molar-refractivity contribution in [3.63, 3.8) is 0 Å². The van der Waals surface area contributed by atoms with Crippen LogP contribution in [0.2, 0.25) is 0 Å². The van der Waals surface area contributed by atoms with E-state index < -0.39 is 60.3 Å². The molecule has 1 aromatic heterocycles. The van der Waals surface area contributed by atoms with Crippen molar-refractivity contribution in [2.24, 2.45) is 0 Å². The molecule has 0 spiro atoms. The molecule has 188 valence electrons. The van der Waals surface area contributed by atoms with Crippen molar-refractivity contribution in [1.29, 1.82) is 0 Å². The predicted octanol–water partition coefficient (Wildman–Crippen LogP) is -2.89. The van der Waals surface area contributed by atoms with Gasteiger partial charge in [0.1, 0.15) is 42.0 Å². The summed E-state index contributed by atoms with van der Waals surface area (Å²) in [7, 11) is 3.25. The van der Waals surface area contributed by atoms with E-state index >= 15 is 0 Å². The maximum atomic E-state index is 11.6. The van der Waals surface area contributed by atoms with Crippen molar-refractivity contribution in [1.82, 2.24) is 16.0 Å². The van der Waals surface area contributed by atoms with Gasteiger partial charge in [0.25, 0.3) is 0 Å². The lowest BCUT2D eigenvalue weighted by Gasteiger charge is -2.60. The summed E-state index contributed by atoms with van der Waals surface area (Å²) in [6.07, 6.45) is -5.87. The van der Waals surface area contributed by atoms with Crippen LogP contribution in [0.5, 0.6) is 0 Å². The number of aliphatic hydroxyl groups excluding tert-OH is 3. The third kappa shape index (κ3) is 4.23. The number of fused-ring (bicyclic) bond motifs is 2. The minimum Gasteiger partial charge on any atom is -0.462 e. The van der Waals surface area contributed by atoms with Gasteiger partial charge in [-0.3, -0.25) is 0 Å². The third-order valence-corrected chi connectivity index (χ3v) is 6.94. The van der Waals surface area contributed by atoms with Gasteiger partial charge in [0.15, 0.2) is 0 Å².